The molecule has 1 saturated carbocycles. The molecule has 0 amide bonds. The van der Waals surface area contributed by atoms with Crippen LogP contribution in [0.2, 0.25) is 0 Å². The molecule has 0 atom stereocenters. The van der Waals surface area contributed by atoms with Crippen LogP contribution in [0.3, 0.4) is 0 Å². The first kappa shape index (κ1) is 14.8. The minimum absolute atomic E-state index is 0.565. The molecule has 0 spiro atoms. The highest BCUT2D eigenvalue weighted by Gasteiger charge is 2.33. The van der Waals surface area contributed by atoms with Crippen LogP contribution in [0.1, 0.15) is 51.6 Å². The molecule has 0 aliphatic heterocycles. The summed E-state index contributed by atoms with van der Waals surface area (Å²) < 4.78 is 0. The van der Waals surface area contributed by atoms with E-state index in [1.54, 1.807) is 0 Å². The topological polar surface area (TPSA) is 50.9 Å². The first-order valence-corrected chi connectivity index (χ1v) is 8.38. The lowest BCUT2D eigenvalue weighted by Gasteiger charge is -2.31. The first-order valence-electron chi connectivity index (χ1n) is 7.50. The van der Waals surface area contributed by atoms with Gasteiger partial charge in [0.1, 0.15) is 0 Å². The fourth-order valence-corrected chi connectivity index (χ4v) is 4.05. The molecule has 0 unspecified atom stereocenters. The average Bonchev–Trinajstić information content (AvgIpc) is 2.94. The van der Waals surface area contributed by atoms with Gasteiger partial charge in [-0.25, -0.2) is 4.98 Å². The number of nitrogens with zero attached hydrogens (tertiary/aromatic N) is 1. The summed E-state index contributed by atoms with van der Waals surface area (Å²) in [6, 6.07) is 0. The molecule has 2 rings (SSSR count). The van der Waals surface area contributed by atoms with E-state index in [2.05, 4.69) is 29.5 Å². The molecule has 1 aromatic heterocycles. The summed E-state index contributed by atoms with van der Waals surface area (Å²) >= 11 is 1.53. The lowest BCUT2D eigenvalue weighted by molar-refractivity contribution is 0.225. The van der Waals surface area contributed by atoms with Crippen LogP contribution in [-0.4, -0.2) is 18.1 Å². The zero-order valence-corrected chi connectivity index (χ0v) is 13.1. The van der Waals surface area contributed by atoms with Gasteiger partial charge in [0.05, 0.1) is 5.69 Å². The fraction of sp³-hybridized carbons (Fsp3) is 0.800. The van der Waals surface area contributed by atoms with Gasteiger partial charge in [0, 0.05) is 24.9 Å². The zero-order chi connectivity index (χ0) is 13.7. The number of nitrogens with two attached hydrogens (primary N) is 1. The van der Waals surface area contributed by atoms with Crippen LogP contribution in [0.4, 0.5) is 5.13 Å². The Balaban J connectivity index is 1.73. The molecule has 1 heterocycles. The molecule has 0 radical (unpaired) electrons. The number of aromatic nitrogens is 1. The third-order valence-corrected chi connectivity index (χ3v) is 4.86. The van der Waals surface area contributed by atoms with Gasteiger partial charge in [-0.15, -0.1) is 11.3 Å². The maximum atomic E-state index is 5.65. The third-order valence-electron chi connectivity index (χ3n) is 4.13. The van der Waals surface area contributed by atoms with Crippen molar-refractivity contribution in [1.29, 1.82) is 0 Å². The maximum Gasteiger partial charge on any atom is 0.180 e. The number of nitrogen functional groups attached to an aromatic ring is 1. The second kappa shape index (κ2) is 6.71. The van der Waals surface area contributed by atoms with E-state index >= 15 is 0 Å². The number of rotatable bonds is 7. The van der Waals surface area contributed by atoms with Gasteiger partial charge in [-0.2, -0.15) is 0 Å². The van der Waals surface area contributed by atoms with Crippen LogP contribution in [0.15, 0.2) is 5.38 Å². The molecule has 1 aromatic rings. The van der Waals surface area contributed by atoms with Crippen LogP contribution < -0.4 is 11.1 Å². The Morgan fingerprint density at radius 2 is 2.16 bits per heavy atom. The largest absolute Gasteiger partial charge is 0.375 e. The van der Waals surface area contributed by atoms with Gasteiger partial charge >= 0.3 is 0 Å². The first-order chi connectivity index (χ1) is 9.10. The third kappa shape index (κ3) is 4.46. The molecule has 1 fully saturated rings. The monoisotopic (exact) mass is 281 g/mol. The summed E-state index contributed by atoms with van der Waals surface area (Å²) in [5.74, 6) is 0.804. The summed E-state index contributed by atoms with van der Waals surface area (Å²) in [7, 11) is 0. The molecule has 3 N–H and O–H groups in total. The average molecular weight is 281 g/mol. The molecule has 0 aromatic carbocycles. The van der Waals surface area contributed by atoms with Crippen molar-refractivity contribution < 1.29 is 0 Å². The summed E-state index contributed by atoms with van der Waals surface area (Å²) in [4.78, 5) is 4.30. The van der Waals surface area contributed by atoms with Gasteiger partial charge in [0.2, 0.25) is 0 Å². The van der Waals surface area contributed by atoms with E-state index in [-0.39, 0.29) is 0 Å². The lowest BCUT2D eigenvalue weighted by atomic mass is 9.78. The molecule has 0 bridgehead atoms. The lowest BCUT2D eigenvalue weighted by Crippen LogP contribution is -2.34. The van der Waals surface area contributed by atoms with Crippen LogP contribution in [0, 0.1) is 11.3 Å². The summed E-state index contributed by atoms with van der Waals surface area (Å²) in [6.45, 7) is 6.88. The van der Waals surface area contributed by atoms with Gasteiger partial charge in [-0.1, -0.05) is 26.7 Å². The molecule has 108 valence electrons. The van der Waals surface area contributed by atoms with Crippen molar-refractivity contribution in [2.45, 2.75) is 52.4 Å². The predicted octanol–water partition coefficient (Wildman–Crippen LogP) is 3.46. The molecule has 4 heteroatoms. The van der Waals surface area contributed by atoms with Crippen molar-refractivity contribution in [2.75, 3.05) is 18.8 Å². The van der Waals surface area contributed by atoms with Gasteiger partial charge in [0.25, 0.3) is 0 Å². The second-order valence-electron chi connectivity index (χ2n) is 6.41. The van der Waals surface area contributed by atoms with Crippen LogP contribution >= 0.6 is 11.3 Å². The highest BCUT2D eigenvalue weighted by Crippen LogP contribution is 2.42. The normalized spacial score (nSPS) is 18.3. The number of hydrogen-bond acceptors (Lipinski definition) is 4. The number of nitrogens with one attached hydrogen (secondary N) is 1. The van der Waals surface area contributed by atoms with Crippen LogP contribution in [0.25, 0.3) is 0 Å². The second-order valence-corrected chi connectivity index (χ2v) is 7.30. The number of hydrogen-bond donors (Lipinski definition) is 2. The van der Waals surface area contributed by atoms with E-state index in [1.807, 2.05) is 0 Å². The van der Waals surface area contributed by atoms with Crippen LogP contribution in [-0.2, 0) is 6.42 Å². The van der Waals surface area contributed by atoms with Crippen molar-refractivity contribution in [3.8, 4) is 0 Å². The van der Waals surface area contributed by atoms with E-state index in [9.17, 15) is 0 Å². The van der Waals surface area contributed by atoms with Gasteiger partial charge < -0.3 is 11.1 Å². The SMILES string of the molecule is CC(C)CC1(CNCCc2csc(N)n2)CCCC1. The molecule has 19 heavy (non-hydrogen) atoms. The Kier molecular flexibility index (Phi) is 5.22. The molecule has 1 aliphatic rings. The van der Waals surface area contributed by atoms with E-state index in [1.165, 1.54) is 50.0 Å². The standard InChI is InChI=1S/C15H27N3S/c1-12(2)9-15(6-3-4-7-15)11-17-8-5-13-10-19-14(16)18-13/h10,12,17H,3-9,11H2,1-2H3,(H2,16,18). The molecule has 3 nitrogen and oxygen atoms in total. The Bertz CT molecular complexity index is 380. The van der Waals surface area contributed by atoms with E-state index in [4.69, 9.17) is 5.73 Å². The number of anilines is 1. The molecular weight excluding hydrogens is 254 g/mol. The minimum atomic E-state index is 0.565. The smallest absolute Gasteiger partial charge is 0.180 e. The van der Waals surface area contributed by atoms with Crippen LogP contribution in [0.5, 0.6) is 0 Å². The van der Waals surface area contributed by atoms with Crippen molar-refractivity contribution in [3.05, 3.63) is 11.1 Å². The minimum Gasteiger partial charge on any atom is -0.375 e. The summed E-state index contributed by atoms with van der Waals surface area (Å²) in [5, 5.41) is 6.40. The summed E-state index contributed by atoms with van der Waals surface area (Å²) in [5.41, 5.74) is 7.33. The summed E-state index contributed by atoms with van der Waals surface area (Å²) in [6.07, 6.45) is 7.99. The van der Waals surface area contributed by atoms with Crippen molar-refractivity contribution >= 4 is 16.5 Å². The predicted molar refractivity (Wildman–Crippen MR) is 83.5 cm³/mol. The van der Waals surface area contributed by atoms with Crippen molar-refractivity contribution in [1.82, 2.24) is 10.3 Å². The Morgan fingerprint density at radius 3 is 2.74 bits per heavy atom. The van der Waals surface area contributed by atoms with Crippen molar-refractivity contribution in [2.24, 2.45) is 11.3 Å². The molecule has 0 saturated heterocycles. The molecular formula is C15H27N3S. The Morgan fingerprint density at radius 1 is 1.42 bits per heavy atom. The number of thiazole rings is 1. The quantitative estimate of drug-likeness (QED) is 0.753. The highest BCUT2D eigenvalue weighted by atomic mass is 32.1. The fourth-order valence-electron chi connectivity index (χ4n) is 3.45. The van der Waals surface area contributed by atoms with E-state index < -0.39 is 0 Å². The zero-order valence-electron chi connectivity index (χ0n) is 12.2. The Labute approximate surface area is 121 Å². The van der Waals surface area contributed by atoms with E-state index in [0.717, 1.165) is 24.6 Å². The van der Waals surface area contributed by atoms with Gasteiger partial charge in [-0.05, 0) is 30.6 Å². The Hall–Kier alpha value is -0.610. The van der Waals surface area contributed by atoms with E-state index in [0.29, 0.717) is 10.5 Å². The molecule has 1 aliphatic carbocycles. The maximum absolute atomic E-state index is 5.65. The highest BCUT2D eigenvalue weighted by molar-refractivity contribution is 7.13. The van der Waals surface area contributed by atoms with Crippen molar-refractivity contribution in [3.63, 3.8) is 0 Å². The van der Waals surface area contributed by atoms with Gasteiger partial charge in [0.15, 0.2) is 5.13 Å². The van der Waals surface area contributed by atoms with Gasteiger partial charge in [-0.3, -0.25) is 0 Å².